The molecule has 1 unspecified atom stereocenters. The number of fused-ring (bicyclic) bond motifs is 1. The molecule has 1 N–H and O–H groups in total. The van der Waals surface area contributed by atoms with Crippen molar-refractivity contribution >= 4 is 20.6 Å². The van der Waals surface area contributed by atoms with Crippen LogP contribution >= 0.6 is 0 Å². The molecule has 0 amide bonds. The van der Waals surface area contributed by atoms with Crippen molar-refractivity contribution in [2.45, 2.75) is 11.0 Å². The lowest BCUT2D eigenvalue weighted by Gasteiger charge is -2.08. The average molecular weight is 336 g/mol. The minimum atomic E-state index is -3.47. The molecule has 0 bridgehead atoms. The van der Waals surface area contributed by atoms with Crippen molar-refractivity contribution in [2.24, 2.45) is 0 Å². The van der Waals surface area contributed by atoms with E-state index in [-0.39, 0.29) is 10.6 Å². The van der Waals surface area contributed by atoms with Crippen molar-refractivity contribution in [2.75, 3.05) is 5.75 Å². The second-order valence-corrected chi connectivity index (χ2v) is 7.35. The number of aliphatic hydroxyl groups is 1. The molecule has 24 heavy (non-hydrogen) atoms. The second-order valence-electron chi connectivity index (χ2n) is 5.36. The lowest BCUT2D eigenvalue weighted by Crippen LogP contribution is -2.05. The zero-order valence-electron chi connectivity index (χ0n) is 12.9. The van der Waals surface area contributed by atoms with E-state index in [0.29, 0.717) is 5.56 Å². The lowest BCUT2D eigenvalue weighted by molar-refractivity contribution is 0.240. The van der Waals surface area contributed by atoms with Crippen LogP contribution in [0.25, 0.3) is 10.8 Å². The van der Waals surface area contributed by atoms with E-state index in [0.717, 1.165) is 10.8 Å². The van der Waals surface area contributed by atoms with Crippen LogP contribution in [0, 0.1) is 11.8 Å². The van der Waals surface area contributed by atoms with E-state index < -0.39 is 15.9 Å². The van der Waals surface area contributed by atoms with Crippen LogP contribution in [0.2, 0.25) is 0 Å². The molecule has 3 aromatic carbocycles. The molecule has 0 radical (unpaired) electrons. The molecule has 0 saturated heterocycles. The maximum atomic E-state index is 12.2. The summed E-state index contributed by atoms with van der Waals surface area (Å²) < 4.78 is 24.4. The van der Waals surface area contributed by atoms with Gasteiger partial charge in [0, 0.05) is 5.56 Å². The third-order valence-electron chi connectivity index (χ3n) is 3.72. The summed E-state index contributed by atoms with van der Waals surface area (Å²) in [6.45, 7) is 0. The number of rotatable bonds is 3. The average Bonchev–Trinajstić information content (AvgIpc) is 2.61. The summed E-state index contributed by atoms with van der Waals surface area (Å²) in [6.07, 6.45) is -1.03. The van der Waals surface area contributed by atoms with Crippen molar-refractivity contribution < 1.29 is 13.5 Å². The van der Waals surface area contributed by atoms with Gasteiger partial charge in [0.15, 0.2) is 9.84 Å². The molecule has 0 saturated carbocycles. The Morgan fingerprint density at radius 2 is 1.54 bits per heavy atom. The fourth-order valence-electron chi connectivity index (χ4n) is 2.51. The van der Waals surface area contributed by atoms with Crippen LogP contribution in [0.4, 0.5) is 0 Å². The molecule has 3 aromatic rings. The van der Waals surface area contributed by atoms with Gasteiger partial charge in [-0.1, -0.05) is 72.5 Å². The highest BCUT2D eigenvalue weighted by Gasteiger charge is 2.12. The normalized spacial score (nSPS) is 12.4. The molecule has 0 aromatic heterocycles. The van der Waals surface area contributed by atoms with E-state index in [1.54, 1.807) is 24.3 Å². The SMILES string of the molecule is O=S(=O)(CC#CC(O)c1cccc2ccccc12)c1ccccc1. The molecule has 4 heteroatoms. The maximum absolute atomic E-state index is 12.2. The molecule has 0 aliphatic carbocycles. The third kappa shape index (κ3) is 3.48. The summed E-state index contributed by atoms with van der Waals surface area (Å²) in [5, 5.41) is 12.2. The fraction of sp³-hybridized carbons (Fsp3) is 0.100. The molecule has 0 heterocycles. The van der Waals surface area contributed by atoms with Gasteiger partial charge >= 0.3 is 0 Å². The first-order valence-electron chi connectivity index (χ1n) is 7.50. The van der Waals surface area contributed by atoms with Crippen LogP contribution < -0.4 is 0 Å². The minimum absolute atomic E-state index is 0.235. The summed E-state index contributed by atoms with van der Waals surface area (Å²) in [6, 6.07) is 21.5. The van der Waals surface area contributed by atoms with Crippen LogP contribution in [-0.4, -0.2) is 19.3 Å². The van der Waals surface area contributed by atoms with Gasteiger partial charge in [-0.15, -0.1) is 0 Å². The molecule has 0 aliphatic heterocycles. The van der Waals surface area contributed by atoms with Crippen LogP contribution in [0.5, 0.6) is 0 Å². The van der Waals surface area contributed by atoms with Gasteiger partial charge in [0.05, 0.1) is 4.90 Å². The van der Waals surface area contributed by atoms with Gasteiger partial charge in [0.25, 0.3) is 0 Å². The molecule has 3 nitrogen and oxygen atoms in total. The van der Waals surface area contributed by atoms with E-state index in [2.05, 4.69) is 11.8 Å². The Morgan fingerprint density at radius 1 is 0.875 bits per heavy atom. The number of benzene rings is 3. The van der Waals surface area contributed by atoms with E-state index >= 15 is 0 Å². The highest BCUT2D eigenvalue weighted by atomic mass is 32.2. The Balaban J connectivity index is 1.83. The van der Waals surface area contributed by atoms with Crippen LogP contribution in [0.15, 0.2) is 77.7 Å². The summed E-state index contributed by atoms with van der Waals surface area (Å²) in [7, 11) is -3.47. The van der Waals surface area contributed by atoms with Gasteiger partial charge < -0.3 is 5.11 Å². The first-order valence-corrected chi connectivity index (χ1v) is 9.15. The topological polar surface area (TPSA) is 54.4 Å². The Bertz CT molecular complexity index is 1010. The van der Waals surface area contributed by atoms with Gasteiger partial charge in [-0.05, 0) is 22.9 Å². The second kappa shape index (κ2) is 6.88. The minimum Gasteiger partial charge on any atom is -0.376 e. The monoisotopic (exact) mass is 336 g/mol. The van der Waals surface area contributed by atoms with E-state index in [4.69, 9.17) is 0 Å². The highest BCUT2D eigenvalue weighted by molar-refractivity contribution is 7.91. The van der Waals surface area contributed by atoms with Crippen LogP contribution in [0.3, 0.4) is 0 Å². The van der Waals surface area contributed by atoms with Crippen LogP contribution in [-0.2, 0) is 9.84 Å². The first kappa shape index (κ1) is 16.3. The van der Waals surface area contributed by atoms with E-state index in [1.165, 1.54) is 12.1 Å². The number of sulfone groups is 1. The van der Waals surface area contributed by atoms with Gasteiger partial charge in [0.2, 0.25) is 0 Å². The summed E-state index contributed by atoms with van der Waals surface area (Å²) in [5.74, 6) is 4.92. The fourth-order valence-corrected chi connectivity index (χ4v) is 3.52. The number of aliphatic hydroxyl groups excluding tert-OH is 1. The van der Waals surface area contributed by atoms with Crippen molar-refractivity contribution in [3.8, 4) is 11.8 Å². The van der Waals surface area contributed by atoms with Crippen LogP contribution in [0.1, 0.15) is 11.7 Å². The van der Waals surface area contributed by atoms with Crippen molar-refractivity contribution in [3.05, 3.63) is 78.4 Å². The van der Waals surface area contributed by atoms with E-state index in [9.17, 15) is 13.5 Å². The van der Waals surface area contributed by atoms with Gasteiger partial charge in [-0.25, -0.2) is 8.42 Å². The Hall–Kier alpha value is -2.61. The molecular formula is C20H16O3S. The predicted molar refractivity (Wildman–Crippen MR) is 95.2 cm³/mol. The zero-order valence-corrected chi connectivity index (χ0v) is 13.7. The summed E-state index contributed by atoms with van der Waals surface area (Å²) in [5.41, 5.74) is 0.678. The Kier molecular flexibility index (Phi) is 4.66. The number of hydrogen-bond acceptors (Lipinski definition) is 3. The van der Waals surface area contributed by atoms with Crippen molar-refractivity contribution in [1.29, 1.82) is 0 Å². The smallest absolute Gasteiger partial charge is 0.189 e. The predicted octanol–water partition coefficient (Wildman–Crippen LogP) is 3.35. The molecule has 0 fully saturated rings. The molecule has 1 atom stereocenters. The first-order chi connectivity index (χ1) is 11.6. The third-order valence-corrected chi connectivity index (χ3v) is 5.24. The number of hydrogen-bond donors (Lipinski definition) is 1. The molecule has 3 rings (SSSR count). The lowest BCUT2D eigenvalue weighted by atomic mass is 10.0. The van der Waals surface area contributed by atoms with Gasteiger partial charge in [0.1, 0.15) is 11.9 Å². The van der Waals surface area contributed by atoms with Gasteiger partial charge in [-0.3, -0.25) is 0 Å². The Labute approximate surface area is 141 Å². The van der Waals surface area contributed by atoms with Gasteiger partial charge in [-0.2, -0.15) is 0 Å². The molecule has 120 valence electrons. The standard InChI is InChI=1S/C20H16O3S/c21-20(19-13-6-9-16-8-4-5-12-18(16)19)14-7-15-24(22,23)17-10-2-1-3-11-17/h1-6,8-13,20-21H,15H2. The Morgan fingerprint density at radius 3 is 2.33 bits per heavy atom. The highest BCUT2D eigenvalue weighted by Crippen LogP contribution is 2.23. The maximum Gasteiger partial charge on any atom is 0.189 e. The van der Waals surface area contributed by atoms with Crippen molar-refractivity contribution in [3.63, 3.8) is 0 Å². The van der Waals surface area contributed by atoms with Crippen molar-refractivity contribution in [1.82, 2.24) is 0 Å². The molecular weight excluding hydrogens is 320 g/mol. The summed E-state index contributed by atoms with van der Waals surface area (Å²) in [4.78, 5) is 0.235. The van der Waals surface area contributed by atoms with E-state index in [1.807, 2.05) is 36.4 Å². The summed E-state index contributed by atoms with van der Waals surface area (Å²) >= 11 is 0. The molecule has 0 spiro atoms. The largest absolute Gasteiger partial charge is 0.376 e. The quantitative estimate of drug-likeness (QED) is 0.746. The molecule has 0 aliphatic rings. The zero-order chi connectivity index (χ0) is 17.0.